The molecule has 0 saturated heterocycles. The van der Waals surface area contributed by atoms with Crippen molar-refractivity contribution in [3.63, 3.8) is 0 Å². The Morgan fingerprint density at radius 2 is 1.39 bits per heavy atom. The third-order valence-electron chi connectivity index (χ3n) is 7.06. The number of nitrogens with one attached hydrogen (secondary N) is 1. The number of phenols is 2. The quantitative estimate of drug-likeness (QED) is 0.110. The van der Waals surface area contributed by atoms with Gasteiger partial charge >= 0.3 is 12.4 Å². The van der Waals surface area contributed by atoms with Crippen LogP contribution >= 0.6 is 57.9 Å². The van der Waals surface area contributed by atoms with Crippen LogP contribution in [0, 0.1) is 0 Å². The van der Waals surface area contributed by atoms with E-state index in [1.165, 1.54) is 11.3 Å². The van der Waals surface area contributed by atoms with E-state index in [0.717, 1.165) is 39.2 Å². The fourth-order valence-corrected chi connectivity index (χ4v) is 7.64. The number of aromatic hydroxyl groups is 2. The summed E-state index contributed by atoms with van der Waals surface area (Å²) in [5.74, 6) is -4.22. The van der Waals surface area contributed by atoms with Crippen LogP contribution in [0.1, 0.15) is 43.2 Å². The molecule has 6 rings (SSSR count). The van der Waals surface area contributed by atoms with E-state index in [0.29, 0.717) is 34.1 Å². The Bertz CT molecular complexity index is 2280. The fourth-order valence-electron chi connectivity index (χ4n) is 4.81. The predicted octanol–water partition coefficient (Wildman–Crippen LogP) is 10.4. The second kappa shape index (κ2) is 12.6. The lowest BCUT2D eigenvalue weighted by molar-refractivity contribution is -0.138. The highest BCUT2D eigenvalue weighted by molar-refractivity contribution is 8.01. The number of hydrogen-bond acceptors (Lipinski definition) is 7. The molecule has 18 heteroatoms. The van der Waals surface area contributed by atoms with Crippen molar-refractivity contribution in [2.75, 3.05) is 0 Å². The van der Waals surface area contributed by atoms with Gasteiger partial charge in [0.25, 0.3) is 0 Å². The van der Waals surface area contributed by atoms with Crippen LogP contribution in [0.5, 0.6) is 11.5 Å². The molecule has 0 unspecified atom stereocenters. The molecule has 3 aromatic heterocycles. The van der Waals surface area contributed by atoms with Gasteiger partial charge in [-0.25, -0.2) is 4.98 Å². The maximum atomic E-state index is 14.0. The third-order valence-corrected chi connectivity index (χ3v) is 10.4. The maximum Gasteiger partial charge on any atom is 0.416 e. The number of aromatic amines is 1. The molecule has 49 heavy (non-hydrogen) atoms. The molecule has 0 atom stereocenters. The molecular weight excluding hydrogens is 763 g/mol. The number of carbonyl (C=O) groups excluding carboxylic acids is 2. The maximum absolute atomic E-state index is 14.0. The zero-order chi connectivity index (χ0) is 35.6. The molecule has 0 aliphatic rings. The van der Waals surface area contributed by atoms with Gasteiger partial charge in [0.05, 0.1) is 48.9 Å². The lowest BCUT2D eigenvalue weighted by atomic mass is 10.0. The van der Waals surface area contributed by atoms with E-state index < -0.39 is 69.1 Å². The van der Waals surface area contributed by atoms with Crippen LogP contribution in [-0.2, 0) is 12.4 Å². The van der Waals surface area contributed by atoms with Gasteiger partial charge in [-0.3, -0.25) is 14.2 Å². The summed E-state index contributed by atoms with van der Waals surface area (Å²) in [6, 6.07) is 11.6. The van der Waals surface area contributed by atoms with Crippen molar-refractivity contribution in [1.82, 2.24) is 14.5 Å². The molecule has 0 aliphatic carbocycles. The zero-order valence-corrected chi connectivity index (χ0v) is 27.6. The highest BCUT2D eigenvalue weighted by atomic mass is 35.5. The number of benzene rings is 3. The van der Waals surface area contributed by atoms with Gasteiger partial charge in [-0.15, -0.1) is 11.3 Å². The summed E-state index contributed by atoms with van der Waals surface area (Å²) < 4.78 is 81.9. The Balaban J connectivity index is 1.56. The van der Waals surface area contributed by atoms with Gasteiger partial charge in [0.2, 0.25) is 11.6 Å². The standard InChI is InChI=1S/C31H14Cl3F6N3O4S2/c32-16-11-18(25(46)14-7-5-12(9-19(14)44)30(35,36)37)43(28(16)49-29-41-17-3-1-2-4-21(17)48-29)24-22(33)27(34)42-23(24)26(47)15-8-6-13(10-20(15)45)31(38,39)40/h1-11,42,44-45H. The Morgan fingerprint density at radius 3 is 1.94 bits per heavy atom. The number of rotatable bonds is 7. The molecule has 6 aromatic rings. The molecule has 3 heterocycles. The summed E-state index contributed by atoms with van der Waals surface area (Å²) in [5.41, 5.74) is -4.29. The minimum absolute atomic E-state index is 0.0127. The first-order valence-electron chi connectivity index (χ1n) is 13.4. The van der Waals surface area contributed by atoms with Crippen LogP contribution < -0.4 is 0 Å². The van der Waals surface area contributed by atoms with Gasteiger partial charge < -0.3 is 15.2 Å². The fraction of sp³-hybridized carbons (Fsp3) is 0.0645. The number of hydrogen-bond donors (Lipinski definition) is 3. The number of alkyl halides is 6. The third kappa shape index (κ3) is 6.48. The summed E-state index contributed by atoms with van der Waals surface area (Å²) in [7, 11) is 0. The summed E-state index contributed by atoms with van der Waals surface area (Å²) >= 11 is 21.7. The monoisotopic (exact) mass is 775 g/mol. The van der Waals surface area contributed by atoms with Crippen molar-refractivity contribution >= 4 is 79.7 Å². The largest absolute Gasteiger partial charge is 0.507 e. The van der Waals surface area contributed by atoms with Crippen LogP contribution in [0.3, 0.4) is 0 Å². The minimum atomic E-state index is -4.84. The average Bonchev–Trinajstić information content (AvgIpc) is 3.68. The van der Waals surface area contributed by atoms with Crippen molar-refractivity contribution < 1.29 is 46.1 Å². The van der Waals surface area contributed by atoms with Crippen molar-refractivity contribution in [3.05, 3.63) is 116 Å². The Labute approximate surface area is 293 Å². The Kier molecular flexibility index (Phi) is 8.94. The van der Waals surface area contributed by atoms with Gasteiger partial charge in [-0.1, -0.05) is 46.9 Å². The number of H-pyrrole nitrogens is 1. The topological polar surface area (TPSA) is 108 Å². The van der Waals surface area contributed by atoms with Crippen molar-refractivity contribution in [1.29, 1.82) is 0 Å². The van der Waals surface area contributed by atoms with E-state index in [4.69, 9.17) is 34.8 Å². The van der Waals surface area contributed by atoms with Crippen LogP contribution in [0.25, 0.3) is 15.9 Å². The smallest absolute Gasteiger partial charge is 0.416 e. The number of halogens is 9. The molecule has 0 saturated carbocycles. The number of nitrogens with zero attached hydrogens (tertiary/aromatic N) is 2. The summed E-state index contributed by atoms with van der Waals surface area (Å²) in [6.07, 6.45) is -9.67. The normalized spacial score (nSPS) is 12.2. The molecule has 0 aliphatic heterocycles. The lowest BCUT2D eigenvalue weighted by Gasteiger charge is -2.15. The molecule has 7 nitrogen and oxygen atoms in total. The van der Waals surface area contributed by atoms with Crippen LogP contribution in [-0.4, -0.2) is 36.3 Å². The first-order valence-corrected chi connectivity index (χ1v) is 16.1. The number of para-hydroxylation sites is 1. The molecule has 252 valence electrons. The van der Waals surface area contributed by atoms with E-state index in [2.05, 4.69) is 9.97 Å². The molecule has 3 aromatic carbocycles. The van der Waals surface area contributed by atoms with E-state index in [1.807, 2.05) is 0 Å². The number of thiazole rings is 1. The van der Waals surface area contributed by atoms with Gasteiger partial charge in [0, 0.05) is 0 Å². The number of fused-ring (bicyclic) bond motifs is 1. The first kappa shape index (κ1) is 34.7. The van der Waals surface area contributed by atoms with Gasteiger partial charge in [-0.05, 0) is 66.4 Å². The highest BCUT2D eigenvalue weighted by Gasteiger charge is 2.36. The van der Waals surface area contributed by atoms with E-state index in [9.17, 15) is 46.1 Å². The van der Waals surface area contributed by atoms with Crippen LogP contribution in [0.15, 0.2) is 76.1 Å². The number of aromatic nitrogens is 3. The molecule has 0 bridgehead atoms. The Morgan fingerprint density at radius 1 is 0.816 bits per heavy atom. The van der Waals surface area contributed by atoms with E-state index in [1.54, 1.807) is 24.3 Å². The number of ketones is 2. The molecule has 0 radical (unpaired) electrons. The SMILES string of the molecule is O=C(c1ccc(C(F)(F)F)cc1O)c1[nH]c(Cl)c(Cl)c1-n1c(C(=O)c2ccc(C(F)(F)F)cc2O)cc(Cl)c1Sc1nc2ccccc2s1. The van der Waals surface area contributed by atoms with E-state index >= 15 is 0 Å². The zero-order valence-electron chi connectivity index (χ0n) is 23.7. The first-order chi connectivity index (χ1) is 23.0. The molecular formula is C31H14Cl3F6N3O4S2. The van der Waals surface area contributed by atoms with Crippen LogP contribution in [0.2, 0.25) is 15.2 Å². The molecule has 3 N–H and O–H groups in total. The predicted molar refractivity (Wildman–Crippen MR) is 172 cm³/mol. The van der Waals surface area contributed by atoms with Gasteiger partial charge in [0.1, 0.15) is 32.4 Å². The average molecular weight is 777 g/mol. The Hall–Kier alpha value is -4.15. The lowest BCUT2D eigenvalue weighted by Crippen LogP contribution is -2.14. The molecule has 0 fully saturated rings. The van der Waals surface area contributed by atoms with Crippen molar-refractivity contribution in [3.8, 4) is 17.2 Å². The number of phenolic OH excluding ortho intramolecular Hbond substituents is 2. The van der Waals surface area contributed by atoms with Crippen molar-refractivity contribution in [2.45, 2.75) is 21.7 Å². The van der Waals surface area contributed by atoms with Crippen molar-refractivity contribution in [2.24, 2.45) is 0 Å². The van der Waals surface area contributed by atoms with Gasteiger partial charge in [0.15, 0.2) is 4.34 Å². The summed E-state index contributed by atoms with van der Waals surface area (Å²) in [4.78, 5) is 34.9. The summed E-state index contributed by atoms with van der Waals surface area (Å²) in [5, 5.41) is 20.1. The number of carbonyl (C=O) groups is 2. The highest BCUT2D eigenvalue weighted by Crippen LogP contribution is 2.45. The second-order valence-electron chi connectivity index (χ2n) is 10.2. The minimum Gasteiger partial charge on any atom is -0.507 e. The molecule has 0 spiro atoms. The summed E-state index contributed by atoms with van der Waals surface area (Å²) in [6.45, 7) is 0. The molecule has 0 amide bonds. The second-order valence-corrected chi connectivity index (χ2v) is 13.6. The van der Waals surface area contributed by atoms with Crippen LogP contribution in [0.4, 0.5) is 26.3 Å². The van der Waals surface area contributed by atoms with E-state index in [-0.39, 0.29) is 25.9 Å². The van der Waals surface area contributed by atoms with Gasteiger partial charge in [-0.2, -0.15) is 26.3 Å².